The van der Waals surface area contributed by atoms with Crippen LogP contribution in [0.3, 0.4) is 0 Å². The molecule has 0 aliphatic heterocycles. The van der Waals surface area contributed by atoms with Crippen LogP contribution >= 0.6 is 0 Å². The van der Waals surface area contributed by atoms with E-state index >= 15 is 0 Å². The monoisotopic (exact) mass is 208 g/mol. The molecule has 1 aliphatic rings. The molecule has 0 radical (unpaired) electrons. The molecule has 1 N–H and O–H groups in total. The fourth-order valence-electron chi connectivity index (χ4n) is 2.31. The number of aliphatic hydroxyl groups excluding tert-OH is 1. The number of aliphatic hydroxyl groups is 1. The van der Waals surface area contributed by atoms with Gasteiger partial charge in [-0.05, 0) is 49.3 Å². The Morgan fingerprint density at radius 1 is 1.40 bits per heavy atom. The molecule has 3 atom stereocenters. The van der Waals surface area contributed by atoms with Crippen molar-refractivity contribution in [2.45, 2.75) is 33.3 Å². The van der Waals surface area contributed by atoms with E-state index in [1.165, 1.54) is 6.07 Å². The van der Waals surface area contributed by atoms with Crippen LogP contribution in [-0.2, 0) is 0 Å². The lowest BCUT2D eigenvalue weighted by Crippen LogP contribution is -2.07. The average Bonchev–Trinajstić information content (AvgIpc) is 2.80. The lowest BCUT2D eigenvalue weighted by atomic mass is 9.97. The highest BCUT2D eigenvalue weighted by Gasteiger charge is 2.40. The van der Waals surface area contributed by atoms with Crippen molar-refractivity contribution < 1.29 is 9.50 Å². The largest absolute Gasteiger partial charge is 0.388 e. The standard InChI is InChI=1S/C13H17FO/c1-7-4-9(3)12(11(14)5-7)13(15)10-6-8(10)2/h4-5,8,10,13,15H,6H2,1-3H3. The van der Waals surface area contributed by atoms with Crippen LogP contribution < -0.4 is 0 Å². The quantitative estimate of drug-likeness (QED) is 0.791. The van der Waals surface area contributed by atoms with Crippen molar-refractivity contribution in [3.63, 3.8) is 0 Å². The first-order chi connectivity index (χ1) is 7.00. The molecule has 1 saturated carbocycles. The maximum Gasteiger partial charge on any atom is 0.129 e. The minimum atomic E-state index is -0.624. The van der Waals surface area contributed by atoms with Crippen LogP contribution in [0.15, 0.2) is 12.1 Å². The highest BCUT2D eigenvalue weighted by Crippen LogP contribution is 2.47. The van der Waals surface area contributed by atoms with Gasteiger partial charge in [-0.2, -0.15) is 0 Å². The van der Waals surface area contributed by atoms with E-state index in [0.717, 1.165) is 17.5 Å². The van der Waals surface area contributed by atoms with Crippen molar-refractivity contribution in [2.24, 2.45) is 11.8 Å². The first kappa shape index (κ1) is 10.6. The van der Waals surface area contributed by atoms with Gasteiger partial charge in [0.25, 0.3) is 0 Å². The normalized spacial score (nSPS) is 26.5. The summed E-state index contributed by atoms with van der Waals surface area (Å²) in [6.07, 6.45) is 0.383. The van der Waals surface area contributed by atoms with Crippen molar-refractivity contribution in [1.82, 2.24) is 0 Å². The Morgan fingerprint density at radius 2 is 2.00 bits per heavy atom. The van der Waals surface area contributed by atoms with Crippen LogP contribution in [-0.4, -0.2) is 5.11 Å². The van der Waals surface area contributed by atoms with Gasteiger partial charge in [0.2, 0.25) is 0 Å². The topological polar surface area (TPSA) is 20.2 Å². The van der Waals surface area contributed by atoms with Crippen molar-refractivity contribution >= 4 is 0 Å². The van der Waals surface area contributed by atoms with Crippen LogP contribution in [0.2, 0.25) is 0 Å². The predicted octanol–water partition coefficient (Wildman–Crippen LogP) is 3.13. The maximum absolute atomic E-state index is 13.7. The molecule has 2 heteroatoms. The summed E-state index contributed by atoms with van der Waals surface area (Å²) < 4.78 is 13.7. The van der Waals surface area contributed by atoms with E-state index < -0.39 is 6.10 Å². The smallest absolute Gasteiger partial charge is 0.129 e. The Bertz CT molecular complexity index is 363. The molecule has 15 heavy (non-hydrogen) atoms. The molecule has 1 aromatic carbocycles. The molecule has 0 heterocycles. The summed E-state index contributed by atoms with van der Waals surface area (Å²) in [6.45, 7) is 5.82. The summed E-state index contributed by atoms with van der Waals surface area (Å²) in [5.41, 5.74) is 2.26. The molecule has 1 aromatic rings. The van der Waals surface area contributed by atoms with Gasteiger partial charge in [-0.1, -0.05) is 13.0 Å². The van der Waals surface area contributed by atoms with Crippen LogP contribution in [0.4, 0.5) is 4.39 Å². The Morgan fingerprint density at radius 3 is 2.47 bits per heavy atom. The van der Waals surface area contributed by atoms with Crippen molar-refractivity contribution in [2.75, 3.05) is 0 Å². The van der Waals surface area contributed by atoms with Gasteiger partial charge in [-0.3, -0.25) is 0 Å². The van der Waals surface area contributed by atoms with Crippen LogP contribution in [0, 0.1) is 31.5 Å². The molecule has 1 nitrogen and oxygen atoms in total. The van der Waals surface area contributed by atoms with Gasteiger partial charge >= 0.3 is 0 Å². The zero-order chi connectivity index (χ0) is 11.2. The second-order valence-corrected chi connectivity index (χ2v) is 4.80. The van der Waals surface area contributed by atoms with Crippen molar-refractivity contribution in [3.05, 3.63) is 34.6 Å². The van der Waals surface area contributed by atoms with Gasteiger partial charge < -0.3 is 5.11 Å². The van der Waals surface area contributed by atoms with Crippen LogP contribution in [0.5, 0.6) is 0 Å². The molecule has 82 valence electrons. The highest BCUT2D eigenvalue weighted by molar-refractivity contribution is 5.34. The molecule has 0 spiro atoms. The zero-order valence-electron chi connectivity index (χ0n) is 9.42. The van der Waals surface area contributed by atoms with Crippen LogP contribution in [0.1, 0.15) is 36.1 Å². The second-order valence-electron chi connectivity index (χ2n) is 4.80. The van der Waals surface area contributed by atoms with E-state index in [1.807, 2.05) is 19.9 Å². The van der Waals surface area contributed by atoms with Crippen LogP contribution in [0.25, 0.3) is 0 Å². The van der Waals surface area contributed by atoms with Crippen molar-refractivity contribution in [1.29, 1.82) is 0 Å². The fourth-order valence-corrected chi connectivity index (χ4v) is 2.31. The molecule has 0 aromatic heterocycles. The zero-order valence-corrected chi connectivity index (χ0v) is 9.42. The number of hydrogen-bond acceptors (Lipinski definition) is 1. The maximum atomic E-state index is 13.7. The molecule has 0 saturated heterocycles. The van der Waals surface area contributed by atoms with E-state index in [0.29, 0.717) is 11.5 Å². The van der Waals surface area contributed by atoms with Gasteiger partial charge in [0.05, 0.1) is 6.10 Å². The third kappa shape index (κ3) is 1.91. The van der Waals surface area contributed by atoms with Gasteiger partial charge in [-0.15, -0.1) is 0 Å². The fraction of sp³-hybridized carbons (Fsp3) is 0.538. The molecule has 0 amide bonds. The lowest BCUT2D eigenvalue weighted by molar-refractivity contribution is 0.143. The number of halogens is 1. The summed E-state index contributed by atoms with van der Waals surface area (Å²) >= 11 is 0. The summed E-state index contributed by atoms with van der Waals surface area (Å²) in [5, 5.41) is 10.0. The number of aryl methyl sites for hydroxylation is 2. The second kappa shape index (κ2) is 3.60. The van der Waals surface area contributed by atoms with E-state index in [-0.39, 0.29) is 11.7 Å². The SMILES string of the molecule is Cc1cc(C)c(C(O)C2CC2C)c(F)c1. The number of hydrogen-bond donors (Lipinski definition) is 1. The number of rotatable bonds is 2. The Kier molecular flexibility index (Phi) is 2.55. The minimum Gasteiger partial charge on any atom is -0.388 e. The summed E-state index contributed by atoms with van der Waals surface area (Å²) in [6, 6.07) is 3.42. The Labute approximate surface area is 89.9 Å². The molecule has 3 unspecified atom stereocenters. The molecule has 1 aliphatic carbocycles. The average molecular weight is 208 g/mol. The van der Waals surface area contributed by atoms with Gasteiger partial charge in [0.1, 0.15) is 5.82 Å². The molecular weight excluding hydrogens is 191 g/mol. The van der Waals surface area contributed by atoms with E-state index in [4.69, 9.17) is 0 Å². The molecule has 0 bridgehead atoms. The minimum absolute atomic E-state index is 0.251. The van der Waals surface area contributed by atoms with Gasteiger partial charge in [0, 0.05) is 5.56 Å². The predicted molar refractivity (Wildman–Crippen MR) is 58.1 cm³/mol. The highest BCUT2D eigenvalue weighted by atomic mass is 19.1. The molecule has 2 rings (SSSR count). The molecule has 1 fully saturated rings. The first-order valence-electron chi connectivity index (χ1n) is 5.45. The number of benzene rings is 1. The summed E-state index contributed by atoms with van der Waals surface area (Å²) in [4.78, 5) is 0. The first-order valence-corrected chi connectivity index (χ1v) is 5.45. The summed E-state index contributed by atoms with van der Waals surface area (Å²) in [5.74, 6) is 0.514. The van der Waals surface area contributed by atoms with E-state index in [2.05, 4.69) is 6.92 Å². The van der Waals surface area contributed by atoms with Crippen molar-refractivity contribution in [3.8, 4) is 0 Å². The van der Waals surface area contributed by atoms with Gasteiger partial charge in [-0.25, -0.2) is 4.39 Å². The lowest BCUT2D eigenvalue weighted by Gasteiger charge is -2.15. The third-order valence-electron chi connectivity index (χ3n) is 3.35. The van der Waals surface area contributed by atoms with E-state index in [1.54, 1.807) is 0 Å². The Hall–Kier alpha value is -0.890. The third-order valence-corrected chi connectivity index (χ3v) is 3.35. The van der Waals surface area contributed by atoms with E-state index in [9.17, 15) is 9.50 Å². The Balaban J connectivity index is 2.35. The van der Waals surface area contributed by atoms with Gasteiger partial charge in [0.15, 0.2) is 0 Å². The summed E-state index contributed by atoms with van der Waals surface area (Å²) in [7, 11) is 0. The molecular formula is C13H17FO.